The smallest absolute Gasteiger partial charge is 0.223 e. The van der Waals surface area contributed by atoms with E-state index in [9.17, 15) is 4.79 Å². The van der Waals surface area contributed by atoms with Crippen molar-refractivity contribution in [2.24, 2.45) is 5.92 Å². The lowest BCUT2D eigenvalue weighted by Crippen LogP contribution is -2.33. The topological polar surface area (TPSA) is 56.2 Å². The molecular weight excluding hydrogens is 386 g/mol. The number of fused-ring (bicyclic) bond motifs is 1. The maximum atomic E-state index is 12.6. The minimum atomic E-state index is -0.152. The fourth-order valence-corrected chi connectivity index (χ4v) is 4.14. The van der Waals surface area contributed by atoms with Crippen LogP contribution in [-0.4, -0.2) is 22.1 Å². The zero-order valence-electron chi connectivity index (χ0n) is 19.4. The summed E-state index contributed by atoms with van der Waals surface area (Å²) < 4.78 is 8.22. The van der Waals surface area contributed by atoms with Gasteiger partial charge >= 0.3 is 0 Å². The summed E-state index contributed by atoms with van der Waals surface area (Å²) in [5.41, 5.74) is 4.46. The molecule has 0 saturated carbocycles. The Labute approximate surface area is 185 Å². The van der Waals surface area contributed by atoms with E-state index >= 15 is 0 Å². The highest BCUT2D eigenvalue weighted by Gasteiger charge is 2.21. The molecule has 0 aliphatic heterocycles. The Kier molecular flexibility index (Phi) is 7.72. The molecule has 0 saturated heterocycles. The van der Waals surface area contributed by atoms with Crippen molar-refractivity contribution in [3.8, 4) is 5.75 Å². The summed E-state index contributed by atoms with van der Waals surface area (Å²) in [5, 5.41) is 3.17. The van der Waals surface area contributed by atoms with Crippen LogP contribution in [0.15, 0.2) is 42.5 Å². The van der Waals surface area contributed by atoms with Gasteiger partial charge in [0.05, 0.1) is 23.7 Å². The van der Waals surface area contributed by atoms with Crippen LogP contribution < -0.4 is 10.1 Å². The number of rotatable bonds is 10. The molecule has 1 N–H and O–H groups in total. The van der Waals surface area contributed by atoms with Crippen molar-refractivity contribution >= 4 is 16.9 Å². The predicted octanol–water partition coefficient (Wildman–Crippen LogP) is 5.74. The number of carbonyl (C=O) groups is 1. The van der Waals surface area contributed by atoms with Crippen molar-refractivity contribution in [2.75, 3.05) is 6.61 Å². The molecule has 3 rings (SSSR count). The van der Waals surface area contributed by atoms with E-state index in [1.807, 2.05) is 25.1 Å². The molecule has 0 radical (unpaired) electrons. The van der Waals surface area contributed by atoms with Crippen molar-refractivity contribution in [2.45, 2.75) is 66.5 Å². The molecular formula is C26H35N3O2. The van der Waals surface area contributed by atoms with Crippen molar-refractivity contribution in [1.29, 1.82) is 0 Å². The Morgan fingerprint density at radius 1 is 1.10 bits per heavy atom. The largest absolute Gasteiger partial charge is 0.494 e. The monoisotopic (exact) mass is 421 g/mol. The maximum Gasteiger partial charge on any atom is 0.223 e. The van der Waals surface area contributed by atoms with E-state index in [0.717, 1.165) is 48.4 Å². The van der Waals surface area contributed by atoms with Gasteiger partial charge in [0, 0.05) is 12.5 Å². The molecule has 166 valence electrons. The van der Waals surface area contributed by atoms with Gasteiger partial charge in [-0.3, -0.25) is 4.79 Å². The zero-order chi connectivity index (χ0) is 22.4. The third-order valence-corrected chi connectivity index (χ3v) is 5.78. The Bertz CT molecular complexity index is 1000. The molecule has 1 unspecified atom stereocenters. The van der Waals surface area contributed by atoms with Gasteiger partial charge in [0.1, 0.15) is 11.6 Å². The third-order valence-electron chi connectivity index (χ3n) is 5.78. The Morgan fingerprint density at radius 2 is 1.77 bits per heavy atom. The van der Waals surface area contributed by atoms with Crippen LogP contribution in [0.25, 0.3) is 11.0 Å². The highest BCUT2D eigenvalue weighted by Crippen LogP contribution is 2.23. The number of amides is 1. The second kappa shape index (κ2) is 10.5. The second-order valence-corrected chi connectivity index (χ2v) is 8.38. The van der Waals surface area contributed by atoms with E-state index in [2.05, 4.69) is 61.8 Å². The molecule has 1 atom stereocenters. The normalized spacial score (nSPS) is 12.3. The number of aromatic nitrogens is 2. The molecule has 31 heavy (non-hydrogen) atoms. The Balaban J connectivity index is 1.72. The predicted molar refractivity (Wildman–Crippen MR) is 126 cm³/mol. The SMILES string of the molecule is CCC(CC)C(=O)NC(C)c1nc2ccccc2n1CCCOc1cc(C)cc(C)c1. The highest BCUT2D eigenvalue weighted by molar-refractivity contribution is 5.79. The lowest BCUT2D eigenvalue weighted by atomic mass is 10.0. The number of aryl methyl sites for hydroxylation is 3. The number of hydrogen-bond acceptors (Lipinski definition) is 3. The van der Waals surface area contributed by atoms with Gasteiger partial charge in [-0.15, -0.1) is 0 Å². The van der Waals surface area contributed by atoms with Crippen molar-refractivity contribution in [3.63, 3.8) is 0 Å². The summed E-state index contributed by atoms with van der Waals surface area (Å²) in [6.07, 6.45) is 2.55. The standard InChI is InChI=1S/C26H35N3O2/c1-6-21(7-2)26(30)27-20(5)25-28-23-11-8-9-12-24(23)29(25)13-10-14-31-22-16-18(3)15-19(4)17-22/h8-9,11-12,15-17,20-21H,6-7,10,13-14H2,1-5H3,(H,27,30). The molecule has 2 aromatic carbocycles. The molecule has 3 aromatic rings. The van der Waals surface area contributed by atoms with Crippen LogP contribution in [0.4, 0.5) is 0 Å². The van der Waals surface area contributed by atoms with Gasteiger partial charge in [-0.05, 0) is 75.4 Å². The number of para-hydroxylation sites is 2. The molecule has 0 fully saturated rings. The second-order valence-electron chi connectivity index (χ2n) is 8.38. The van der Waals surface area contributed by atoms with Crippen LogP contribution in [0.3, 0.4) is 0 Å². The van der Waals surface area contributed by atoms with E-state index < -0.39 is 0 Å². The summed E-state index contributed by atoms with van der Waals surface area (Å²) in [7, 11) is 0. The maximum absolute atomic E-state index is 12.6. The zero-order valence-corrected chi connectivity index (χ0v) is 19.4. The average molecular weight is 422 g/mol. The number of carbonyl (C=O) groups excluding carboxylic acids is 1. The molecule has 5 heteroatoms. The Hall–Kier alpha value is -2.82. The lowest BCUT2D eigenvalue weighted by Gasteiger charge is -2.19. The number of imidazole rings is 1. The van der Waals surface area contributed by atoms with Crippen molar-refractivity contribution in [1.82, 2.24) is 14.9 Å². The molecule has 5 nitrogen and oxygen atoms in total. The van der Waals surface area contributed by atoms with Gasteiger partial charge in [0.25, 0.3) is 0 Å². The van der Waals surface area contributed by atoms with E-state index in [1.165, 1.54) is 11.1 Å². The number of hydrogen-bond donors (Lipinski definition) is 1. The minimum Gasteiger partial charge on any atom is -0.494 e. The molecule has 0 aliphatic carbocycles. The van der Waals surface area contributed by atoms with Crippen LogP contribution in [0.5, 0.6) is 5.75 Å². The quantitative estimate of drug-likeness (QED) is 0.425. The van der Waals surface area contributed by atoms with Crippen LogP contribution in [0.1, 0.15) is 63.0 Å². The highest BCUT2D eigenvalue weighted by atomic mass is 16.5. The summed E-state index contributed by atoms with van der Waals surface area (Å²) in [5.74, 6) is 1.96. The van der Waals surface area contributed by atoms with Gasteiger partial charge in [0.15, 0.2) is 0 Å². The van der Waals surface area contributed by atoms with Crippen molar-refractivity contribution in [3.05, 3.63) is 59.4 Å². The van der Waals surface area contributed by atoms with E-state index in [1.54, 1.807) is 0 Å². The van der Waals surface area contributed by atoms with Gasteiger partial charge in [-0.1, -0.05) is 32.0 Å². The number of nitrogens with one attached hydrogen (secondary N) is 1. The first-order valence-corrected chi connectivity index (χ1v) is 11.4. The van der Waals surface area contributed by atoms with Gasteiger partial charge < -0.3 is 14.6 Å². The van der Waals surface area contributed by atoms with Crippen LogP contribution >= 0.6 is 0 Å². The van der Waals surface area contributed by atoms with E-state index in [-0.39, 0.29) is 17.9 Å². The van der Waals surface area contributed by atoms with E-state index in [4.69, 9.17) is 9.72 Å². The fraction of sp³-hybridized carbons (Fsp3) is 0.462. The molecule has 1 amide bonds. The molecule has 1 aromatic heterocycles. The summed E-state index contributed by atoms with van der Waals surface area (Å²) in [6, 6.07) is 14.3. The van der Waals surface area contributed by atoms with Crippen LogP contribution in [0, 0.1) is 19.8 Å². The van der Waals surface area contributed by atoms with Crippen LogP contribution in [-0.2, 0) is 11.3 Å². The van der Waals surface area contributed by atoms with Gasteiger partial charge in [-0.25, -0.2) is 4.98 Å². The first kappa shape index (κ1) is 22.9. The molecule has 0 bridgehead atoms. The van der Waals surface area contributed by atoms with Gasteiger partial charge in [0.2, 0.25) is 5.91 Å². The number of benzene rings is 2. The number of ether oxygens (including phenoxy) is 1. The Morgan fingerprint density at radius 3 is 2.45 bits per heavy atom. The lowest BCUT2D eigenvalue weighted by molar-refractivity contribution is -0.125. The average Bonchev–Trinajstić information content (AvgIpc) is 3.10. The summed E-state index contributed by atoms with van der Waals surface area (Å²) in [6.45, 7) is 11.7. The van der Waals surface area contributed by atoms with E-state index in [0.29, 0.717) is 6.61 Å². The fourth-order valence-electron chi connectivity index (χ4n) is 4.14. The summed E-state index contributed by atoms with van der Waals surface area (Å²) >= 11 is 0. The molecule has 0 spiro atoms. The first-order valence-electron chi connectivity index (χ1n) is 11.4. The summed E-state index contributed by atoms with van der Waals surface area (Å²) in [4.78, 5) is 17.5. The van der Waals surface area contributed by atoms with Gasteiger partial charge in [-0.2, -0.15) is 0 Å². The van der Waals surface area contributed by atoms with Crippen molar-refractivity contribution < 1.29 is 9.53 Å². The molecule has 1 heterocycles. The molecule has 0 aliphatic rings. The first-order chi connectivity index (χ1) is 14.9. The third kappa shape index (κ3) is 5.66. The number of nitrogens with zero attached hydrogens (tertiary/aromatic N) is 2. The van der Waals surface area contributed by atoms with Crippen LogP contribution in [0.2, 0.25) is 0 Å². The minimum absolute atomic E-state index is 0.0477.